The summed E-state index contributed by atoms with van der Waals surface area (Å²) in [5.74, 6) is -3.66. The molecule has 0 saturated carbocycles. The van der Waals surface area contributed by atoms with Crippen LogP contribution in [0.1, 0.15) is 12.0 Å². The van der Waals surface area contributed by atoms with Crippen molar-refractivity contribution in [3.63, 3.8) is 0 Å². The Morgan fingerprint density at radius 3 is 2.61 bits per heavy atom. The lowest BCUT2D eigenvalue weighted by molar-refractivity contribution is -0.333. The minimum Gasteiger partial charge on any atom is -0.452 e. The highest BCUT2D eigenvalue weighted by atomic mass is 35.5. The molecule has 1 aliphatic rings. The van der Waals surface area contributed by atoms with Crippen LogP contribution in [0.2, 0.25) is 5.02 Å². The Balaban J connectivity index is 2.54. The van der Waals surface area contributed by atoms with Gasteiger partial charge in [0.05, 0.1) is 12.1 Å². The Morgan fingerprint density at radius 1 is 1.39 bits per heavy atom. The van der Waals surface area contributed by atoms with Gasteiger partial charge in [-0.3, -0.25) is 0 Å². The molecule has 0 unspecified atom stereocenters. The predicted molar refractivity (Wildman–Crippen MR) is 56.0 cm³/mol. The van der Waals surface area contributed by atoms with Gasteiger partial charge >= 0.3 is 12.0 Å². The van der Waals surface area contributed by atoms with Crippen LogP contribution in [0.4, 0.5) is 13.2 Å². The first-order valence-corrected chi connectivity index (χ1v) is 5.13. The fourth-order valence-corrected chi connectivity index (χ4v) is 1.78. The number of hydrogen-bond donors (Lipinski definition) is 2. The maximum atomic E-state index is 12.7. The van der Waals surface area contributed by atoms with Crippen molar-refractivity contribution in [2.75, 3.05) is 0 Å². The molecule has 1 aromatic carbocycles. The normalized spacial score (nSPS) is 25.7. The molecule has 2 rings (SSSR count). The third kappa shape index (κ3) is 1.99. The predicted octanol–water partition coefficient (Wildman–Crippen LogP) is 2.55. The van der Waals surface area contributed by atoms with Gasteiger partial charge in [0.2, 0.25) is 0 Å². The summed E-state index contributed by atoms with van der Waals surface area (Å²) >= 11 is 5.68. The van der Waals surface area contributed by atoms with Crippen LogP contribution in [0.5, 0.6) is 5.75 Å². The third-order valence-electron chi connectivity index (χ3n) is 2.50. The molecule has 0 aromatic heterocycles. The molecular formula is C10H7ClF3NO3. The van der Waals surface area contributed by atoms with E-state index in [9.17, 15) is 18.3 Å². The zero-order valence-electron chi connectivity index (χ0n) is 8.70. The van der Waals surface area contributed by atoms with Gasteiger partial charge in [-0.15, -0.1) is 0 Å². The molecule has 0 radical (unpaired) electrons. The SMILES string of the molecule is O/N=C1/C[C@@](O)(C(F)(F)F)Oc2ccc(Cl)cc21. The van der Waals surface area contributed by atoms with Crippen LogP contribution in [-0.2, 0) is 0 Å². The second-order valence-corrected chi connectivity index (χ2v) is 4.18. The number of alkyl halides is 3. The molecule has 0 spiro atoms. The lowest BCUT2D eigenvalue weighted by Crippen LogP contribution is -2.54. The first-order valence-electron chi connectivity index (χ1n) is 4.76. The van der Waals surface area contributed by atoms with E-state index in [-0.39, 0.29) is 22.0 Å². The molecule has 1 heterocycles. The summed E-state index contributed by atoms with van der Waals surface area (Å²) in [6.45, 7) is 0. The molecule has 4 nitrogen and oxygen atoms in total. The molecule has 1 aromatic rings. The first kappa shape index (κ1) is 13.0. The van der Waals surface area contributed by atoms with Gasteiger partial charge in [-0.1, -0.05) is 16.8 Å². The van der Waals surface area contributed by atoms with E-state index >= 15 is 0 Å². The summed E-state index contributed by atoms with van der Waals surface area (Å²) in [5.41, 5.74) is -0.238. The van der Waals surface area contributed by atoms with Crippen molar-refractivity contribution < 1.29 is 28.2 Å². The van der Waals surface area contributed by atoms with Crippen molar-refractivity contribution in [3.05, 3.63) is 28.8 Å². The number of aliphatic hydroxyl groups is 1. The largest absolute Gasteiger partial charge is 0.455 e. The Morgan fingerprint density at radius 2 is 2.06 bits per heavy atom. The van der Waals surface area contributed by atoms with Crippen LogP contribution >= 0.6 is 11.6 Å². The first-order chi connectivity index (χ1) is 8.27. The van der Waals surface area contributed by atoms with Gasteiger partial charge in [0, 0.05) is 10.6 Å². The van der Waals surface area contributed by atoms with E-state index in [2.05, 4.69) is 9.89 Å². The summed E-state index contributed by atoms with van der Waals surface area (Å²) in [6.07, 6.45) is -6.03. The number of hydrogen-bond acceptors (Lipinski definition) is 4. The van der Waals surface area contributed by atoms with Crippen molar-refractivity contribution in [1.82, 2.24) is 0 Å². The maximum absolute atomic E-state index is 12.7. The number of benzene rings is 1. The summed E-state index contributed by atoms with van der Waals surface area (Å²) < 4.78 is 42.6. The maximum Gasteiger partial charge on any atom is 0.455 e. The van der Waals surface area contributed by atoms with Gasteiger partial charge in [0.1, 0.15) is 5.75 Å². The number of halogens is 4. The number of oxime groups is 1. The van der Waals surface area contributed by atoms with Crippen LogP contribution in [0.3, 0.4) is 0 Å². The lowest BCUT2D eigenvalue weighted by atomic mass is 9.97. The number of rotatable bonds is 0. The third-order valence-corrected chi connectivity index (χ3v) is 2.74. The van der Waals surface area contributed by atoms with Gasteiger partial charge in [0.15, 0.2) is 0 Å². The molecule has 0 saturated heterocycles. The van der Waals surface area contributed by atoms with Crippen LogP contribution in [0.25, 0.3) is 0 Å². The molecule has 0 fully saturated rings. The van der Waals surface area contributed by atoms with E-state index < -0.39 is 18.4 Å². The highest BCUT2D eigenvalue weighted by Gasteiger charge is 2.59. The molecule has 0 aliphatic carbocycles. The number of ether oxygens (including phenoxy) is 1. The summed E-state index contributed by atoms with van der Waals surface area (Å²) in [4.78, 5) is 0. The molecule has 98 valence electrons. The second-order valence-electron chi connectivity index (χ2n) is 3.75. The Bertz CT molecular complexity index is 518. The van der Waals surface area contributed by atoms with Crippen molar-refractivity contribution in [3.8, 4) is 5.75 Å². The zero-order valence-corrected chi connectivity index (χ0v) is 9.46. The van der Waals surface area contributed by atoms with Crippen LogP contribution in [0, 0.1) is 0 Å². The highest BCUT2D eigenvalue weighted by Crippen LogP contribution is 2.42. The molecule has 1 aliphatic heterocycles. The molecule has 0 bridgehead atoms. The van der Waals surface area contributed by atoms with Crippen molar-refractivity contribution in [2.45, 2.75) is 18.4 Å². The summed E-state index contributed by atoms with van der Waals surface area (Å²) in [5, 5.41) is 21.2. The molecule has 18 heavy (non-hydrogen) atoms. The van der Waals surface area contributed by atoms with Gasteiger partial charge in [-0.2, -0.15) is 13.2 Å². The van der Waals surface area contributed by atoms with Crippen molar-refractivity contribution in [2.24, 2.45) is 5.16 Å². The average molecular weight is 282 g/mol. The minimum absolute atomic E-state index is 0.110. The monoisotopic (exact) mass is 281 g/mol. The fraction of sp³-hybridized carbons (Fsp3) is 0.300. The van der Waals surface area contributed by atoms with Crippen LogP contribution in [-0.4, -0.2) is 28.0 Å². The van der Waals surface area contributed by atoms with Gasteiger partial charge < -0.3 is 15.1 Å². The Labute approximate surface area is 104 Å². The number of nitrogens with zero attached hydrogens (tertiary/aromatic N) is 1. The minimum atomic E-state index is -5.01. The second kappa shape index (κ2) is 4.03. The number of fused-ring (bicyclic) bond motifs is 1. The quantitative estimate of drug-likeness (QED) is 0.567. The average Bonchev–Trinajstić information content (AvgIpc) is 2.27. The van der Waals surface area contributed by atoms with Crippen LogP contribution in [0.15, 0.2) is 23.4 Å². The van der Waals surface area contributed by atoms with E-state index in [4.69, 9.17) is 16.8 Å². The molecular weight excluding hydrogens is 275 g/mol. The van der Waals surface area contributed by atoms with E-state index in [0.29, 0.717) is 0 Å². The molecule has 8 heteroatoms. The molecule has 0 amide bonds. The molecule has 2 N–H and O–H groups in total. The van der Waals surface area contributed by atoms with Gasteiger partial charge in [-0.25, -0.2) is 0 Å². The lowest BCUT2D eigenvalue weighted by Gasteiger charge is -2.35. The molecule has 1 atom stereocenters. The van der Waals surface area contributed by atoms with E-state index in [1.165, 1.54) is 18.2 Å². The summed E-state index contributed by atoms with van der Waals surface area (Å²) in [7, 11) is 0. The fourth-order valence-electron chi connectivity index (χ4n) is 1.60. The summed E-state index contributed by atoms with van der Waals surface area (Å²) in [6, 6.07) is 3.76. The van der Waals surface area contributed by atoms with Crippen molar-refractivity contribution in [1.29, 1.82) is 0 Å². The van der Waals surface area contributed by atoms with Crippen molar-refractivity contribution >= 4 is 17.3 Å². The smallest absolute Gasteiger partial charge is 0.452 e. The Hall–Kier alpha value is -1.47. The highest BCUT2D eigenvalue weighted by molar-refractivity contribution is 6.31. The zero-order chi connectivity index (χ0) is 13.6. The topological polar surface area (TPSA) is 62.1 Å². The van der Waals surface area contributed by atoms with Crippen LogP contribution < -0.4 is 4.74 Å². The van der Waals surface area contributed by atoms with Gasteiger partial charge in [0.25, 0.3) is 0 Å². The van der Waals surface area contributed by atoms with E-state index in [1.54, 1.807) is 0 Å². The standard InChI is InChI=1S/C10H7ClF3NO3/c11-5-1-2-8-6(3-5)7(15-17)4-9(16,18-8)10(12,13)14/h1-3,16-17H,4H2/b15-7-/t9-/m0/s1. The van der Waals surface area contributed by atoms with E-state index in [0.717, 1.165) is 0 Å². The Kier molecular flexibility index (Phi) is 2.90. The van der Waals surface area contributed by atoms with E-state index in [1.807, 2.05) is 0 Å². The van der Waals surface area contributed by atoms with Gasteiger partial charge in [-0.05, 0) is 18.2 Å².